The smallest absolute Gasteiger partial charge is 0.320 e. The van der Waals surface area contributed by atoms with Gasteiger partial charge in [0.2, 0.25) is 0 Å². The molecule has 0 bridgehead atoms. The van der Waals surface area contributed by atoms with Crippen LogP contribution in [0.1, 0.15) is 26.2 Å². The van der Waals surface area contributed by atoms with Crippen molar-refractivity contribution in [2.75, 3.05) is 14.2 Å². The molecule has 0 amide bonds. The van der Waals surface area contributed by atoms with Gasteiger partial charge in [0.15, 0.2) is 5.92 Å². The fraction of sp³-hybridized carbons (Fsp3) is 0.667. The Hall–Kier alpha value is -1.32. The van der Waals surface area contributed by atoms with Crippen LogP contribution in [-0.4, -0.2) is 26.2 Å². The molecule has 0 saturated carbocycles. The van der Waals surface area contributed by atoms with E-state index in [1.54, 1.807) is 0 Å². The van der Waals surface area contributed by atoms with Gasteiger partial charge in [-0.05, 0) is 26.2 Å². The first-order valence-corrected chi connectivity index (χ1v) is 5.43. The minimum atomic E-state index is -0.815. The zero-order valence-corrected chi connectivity index (χ0v) is 9.99. The molecule has 0 aromatic heterocycles. The molecule has 0 spiro atoms. The minimum absolute atomic E-state index is 0.0892. The van der Waals surface area contributed by atoms with E-state index in [2.05, 4.69) is 9.47 Å². The third-order valence-electron chi connectivity index (χ3n) is 2.95. The number of carbonyl (C=O) groups excluding carboxylic acids is 2. The quantitative estimate of drug-likeness (QED) is 0.417. The van der Waals surface area contributed by atoms with Crippen molar-refractivity contribution in [1.29, 1.82) is 0 Å². The molecule has 0 N–H and O–H groups in total. The van der Waals surface area contributed by atoms with Crippen LogP contribution in [0.3, 0.4) is 0 Å². The zero-order chi connectivity index (χ0) is 12.1. The first-order valence-electron chi connectivity index (χ1n) is 5.43. The Labute approximate surface area is 95.6 Å². The van der Waals surface area contributed by atoms with Crippen LogP contribution in [0.2, 0.25) is 0 Å². The predicted molar refractivity (Wildman–Crippen MR) is 58.6 cm³/mol. The van der Waals surface area contributed by atoms with E-state index in [9.17, 15) is 9.59 Å². The molecule has 1 aliphatic carbocycles. The molecule has 0 saturated heterocycles. The van der Waals surface area contributed by atoms with Crippen molar-refractivity contribution >= 4 is 11.9 Å². The summed E-state index contributed by atoms with van der Waals surface area (Å²) in [5.74, 6) is -1.93. The molecule has 1 atom stereocenters. The van der Waals surface area contributed by atoms with Crippen LogP contribution >= 0.6 is 0 Å². The summed E-state index contributed by atoms with van der Waals surface area (Å²) in [4.78, 5) is 23.1. The Balaban J connectivity index is 2.88. The van der Waals surface area contributed by atoms with E-state index in [4.69, 9.17) is 0 Å². The molecular formula is C12H18O4. The van der Waals surface area contributed by atoms with Gasteiger partial charge in [-0.1, -0.05) is 11.6 Å². The SMILES string of the molecule is COC(=O)C(C(=O)OC)[C@H]1C=C(C)CCC1. The van der Waals surface area contributed by atoms with E-state index in [1.807, 2.05) is 13.0 Å². The number of carbonyl (C=O) groups is 2. The number of ether oxygens (including phenoxy) is 2. The summed E-state index contributed by atoms with van der Waals surface area (Å²) < 4.78 is 9.31. The molecule has 0 fully saturated rings. The summed E-state index contributed by atoms with van der Waals surface area (Å²) in [7, 11) is 2.58. The van der Waals surface area contributed by atoms with E-state index in [1.165, 1.54) is 19.8 Å². The lowest BCUT2D eigenvalue weighted by molar-refractivity contribution is -0.160. The fourth-order valence-electron chi connectivity index (χ4n) is 2.11. The number of hydrogen-bond acceptors (Lipinski definition) is 4. The van der Waals surface area contributed by atoms with Crippen LogP contribution in [-0.2, 0) is 19.1 Å². The number of allylic oxidation sites excluding steroid dienone is 2. The van der Waals surface area contributed by atoms with Crippen molar-refractivity contribution in [3.05, 3.63) is 11.6 Å². The Bertz CT molecular complexity index is 290. The van der Waals surface area contributed by atoms with E-state index in [0.717, 1.165) is 19.3 Å². The van der Waals surface area contributed by atoms with E-state index in [-0.39, 0.29) is 5.92 Å². The minimum Gasteiger partial charge on any atom is -0.468 e. The standard InChI is InChI=1S/C12H18O4/c1-8-5-4-6-9(7-8)10(11(13)15-2)12(14)16-3/h7,9-10H,4-6H2,1-3H3/t9-/m1/s1. The zero-order valence-electron chi connectivity index (χ0n) is 9.99. The van der Waals surface area contributed by atoms with Crippen LogP contribution < -0.4 is 0 Å². The highest BCUT2D eigenvalue weighted by atomic mass is 16.5. The molecular weight excluding hydrogens is 208 g/mol. The van der Waals surface area contributed by atoms with Crippen molar-refractivity contribution in [3.63, 3.8) is 0 Å². The van der Waals surface area contributed by atoms with Gasteiger partial charge < -0.3 is 9.47 Å². The second kappa shape index (κ2) is 5.68. The average Bonchev–Trinajstić information content (AvgIpc) is 2.29. The summed E-state index contributed by atoms with van der Waals surface area (Å²) in [6.45, 7) is 2.01. The number of hydrogen-bond donors (Lipinski definition) is 0. The summed E-state index contributed by atoms with van der Waals surface area (Å²) in [6, 6.07) is 0. The Morgan fingerprint density at radius 2 is 1.88 bits per heavy atom. The second-order valence-electron chi connectivity index (χ2n) is 4.09. The highest BCUT2D eigenvalue weighted by Gasteiger charge is 2.36. The first kappa shape index (κ1) is 12.7. The highest BCUT2D eigenvalue weighted by molar-refractivity contribution is 5.95. The number of methoxy groups -OCH3 is 2. The lowest BCUT2D eigenvalue weighted by atomic mass is 9.82. The summed E-state index contributed by atoms with van der Waals surface area (Å²) in [6.07, 6.45) is 4.84. The molecule has 90 valence electrons. The second-order valence-corrected chi connectivity index (χ2v) is 4.09. The van der Waals surface area contributed by atoms with Gasteiger partial charge in [-0.15, -0.1) is 0 Å². The van der Waals surface area contributed by atoms with Crippen LogP contribution in [0.15, 0.2) is 11.6 Å². The molecule has 0 aliphatic heterocycles. The average molecular weight is 226 g/mol. The lowest BCUT2D eigenvalue weighted by Gasteiger charge is -2.24. The van der Waals surface area contributed by atoms with Gasteiger partial charge in [0.05, 0.1) is 14.2 Å². The molecule has 0 aromatic rings. The van der Waals surface area contributed by atoms with Gasteiger partial charge in [-0.25, -0.2) is 0 Å². The molecule has 16 heavy (non-hydrogen) atoms. The maximum absolute atomic E-state index is 11.6. The monoisotopic (exact) mass is 226 g/mol. The van der Waals surface area contributed by atoms with Crippen LogP contribution in [0.4, 0.5) is 0 Å². The van der Waals surface area contributed by atoms with E-state index >= 15 is 0 Å². The molecule has 0 unspecified atom stereocenters. The first-order chi connectivity index (χ1) is 7.60. The third-order valence-corrected chi connectivity index (χ3v) is 2.95. The summed E-state index contributed by atoms with van der Waals surface area (Å²) >= 11 is 0. The Kier molecular flexibility index (Phi) is 4.52. The van der Waals surface area contributed by atoms with Gasteiger partial charge in [-0.3, -0.25) is 9.59 Å². The van der Waals surface area contributed by atoms with Crippen LogP contribution in [0.25, 0.3) is 0 Å². The van der Waals surface area contributed by atoms with Gasteiger partial charge in [-0.2, -0.15) is 0 Å². The molecule has 4 heteroatoms. The van der Waals surface area contributed by atoms with Crippen molar-refractivity contribution in [3.8, 4) is 0 Å². The number of rotatable bonds is 3. The van der Waals surface area contributed by atoms with Crippen LogP contribution in [0, 0.1) is 11.8 Å². The van der Waals surface area contributed by atoms with Crippen molar-refractivity contribution in [1.82, 2.24) is 0 Å². The lowest BCUT2D eigenvalue weighted by Crippen LogP contribution is -2.33. The largest absolute Gasteiger partial charge is 0.468 e. The molecule has 4 nitrogen and oxygen atoms in total. The molecule has 1 aliphatic rings. The molecule has 1 rings (SSSR count). The van der Waals surface area contributed by atoms with Crippen molar-refractivity contribution in [2.24, 2.45) is 11.8 Å². The van der Waals surface area contributed by atoms with Crippen molar-refractivity contribution < 1.29 is 19.1 Å². The summed E-state index contributed by atoms with van der Waals surface area (Å²) in [5, 5.41) is 0. The van der Waals surface area contributed by atoms with E-state index in [0.29, 0.717) is 0 Å². The topological polar surface area (TPSA) is 52.6 Å². The van der Waals surface area contributed by atoms with Gasteiger partial charge in [0.1, 0.15) is 0 Å². The van der Waals surface area contributed by atoms with Crippen LogP contribution in [0.5, 0.6) is 0 Å². The van der Waals surface area contributed by atoms with Gasteiger partial charge >= 0.3 is 11.9 Å². The molecule has 0 aromatic carbocycles. The number of esters is 2. The highest BCUT2D eigenvalue weighted by Crippen LogP contribution is 2.29. The van der Waals surface area contributed by atoms with E-state index < -0.39 is 17.9 Å². The normalized spacial score (nSPS) is 20.2. The molecule has 0 radical (unpaired) electrons. The predicted octanol–water partition coefficient (Wildman–Crippen LogP) is 1.69. The maximum atomic E-state index is 11.6. The third kappa shape index (κ3) is 2.84. The fourth-order valence-corrected chi connectivity index (χ4v) is 2.11. The molecule has 0 heterocycles. The Morgan fingerprint density at radius 3 is 2.31 bits per heavy atom. The Morgan fingerprint density at radius 1 is 1.31 bits per heavy atom. The van der Waals surface area contributed by atoms with Gasteiger partial charge in [0.25, 0.3) is 0 Å². The van der Waals surface area contributed by atoms with Crippen molar-refractivity contribution in [2.45, 2.75) is 26.2 Å². The maximum Gasteiger partial charge on any atom is 0.320 e. The van der Waals surface area contributed by atoms with Gasteiger partial charge in [0, 0.05) is 5.92 Å². The summed E-state index contributed by atoms with van der Waals surface area (Å²) in [5.41, 5.74) is 1.22.